The average Bonchev–Trinajstić information content (AvgIpc) is 2.54. The molecule has 0 amide bonds. The smallest absolute Gasteiger partial charge is 0.337 e. The minimum atomic E-state index is -0.347. The number of carbonyl (C=O) groups is 1. The van der Waals surface area contributed by atoms with Gasteiger partial charge in [0.1, 0.15) is 12.4 Å². The Morgan fingerprint density at radius 3 is 2.71 bits per heavy atom. The van der Waals surface area contributed by atoms with E-state index in [-0.39, 0.29) is 5.97 Å². The van der Waals surface area contributed by atoms with Crippen LogP contribution in [-0.4, -0.2) is 19.6 Å². The second-order valence-corrected chi connectivity index (χ2v) is 4.63. The second kappa shape index (κ2) is 7.45. The molecule has 110 valence electrons. The molecule has 0 aliphatic carbocycles. The van der Waals surface area contributed by atoms with Crippen LogP contribution in [0, 0.1) is 0 Å². The van der Waals surface area contributed by atoms with Gasteiger partial charge in [0, 0.05) is 0 Å². The summed E-state index contributed by atoms with van der Waals surface area (Å²) in [7, 11) is 1.37. The maximum atomic E-state index is 11.5. The van der Waals surface area contributed by atoms with Gasteiger partial charge in [0.05, 0.1) is 12.7 Å². The summed E-state index contributed by atoms with van der Waals surface area (Å²) in [6.07, 6.45) is 0.776. The van der Waals surface area contributed by atoms with Gasteiger partial charge in [-0.2, -0.15) is 0 Å². The van der Waals surface area contributed by atoms with Crippen LogP contribution in [0.25, 0.3) is 0 Å². The minimum Gasteiger partial charge on any atom is -0.489 e. The van der Waals surface area contributed by atoms with Crippen molar-refractivity contribution in [3.8, 4) is 5.75 Å². The maximum Gasteiger partial charge on any atom is 0.337 e. The van der Waals surface area contributed by atoms with E-state index >= 15 is 0 Å². The van der Waals surface area contributed by atoms with Gasteiger partial charge in [0.15, 0.2) is 0 Å². The molecule has 0 saturated carbocycles. The van der Waals surface area contributed by atoms with E-state index in [2.05, 4.69) is 0 Å². The topological polar surface area (TPSA) is 61.5 Å². The summed E-state index contributed by atoms with van der Waals surface area (Å²) in [5, 5.41) is 0. The van der Waals surface area contributed by atoms with Crippen LogP contribution in [0.15, 0.2) is 48.5 Å². The van der Waals surface area contributed by atoms with Crippen molar-refractivity contribution in [2.45, 2.75) is 13.0 Å². The third kappa shape index (κ3) is 4.07. The standard InChI is InChI=1S/C17H19NO3/c1-20-17(19)15-7-4-5-13(11-15)12-21-16-8-3-2-6-14(16)9-10-18/h2-8,11H,9-10,12,18H2,1H3. The normalized spacial score (nSPS) is 10.2. The van der Waals surface area contributed by atoms with Crippen LogP contribution >= 0.6 is 0 Å². The number of ether oxygens (including phenoxy) is 2. The summed E-state index contributed by atoms with van der Waals surface area (Å²) in [5.41, 5.74) is 8.12. The van der Waals surface area contributed by atoms with Crippen LogP contribution in [-0.2, 0) is 17.8 Å². The molecule has 2 N–H and O–H groups in total. The molecule has 0 spiro atoms. The Kier molecular flexibility index (Phi) is 5.35. The third-order valence-corrected chi connectivity index (χ3v) is 3.13. The lowest BCUT2D eigenvalue weighted by molar-refractivity contribution is 0.0600. The highest BCUT2D eigenvalue weighted by Crippen LogP contribution is 2.20. The summed E-state index contributed by atoms with van der Waals surface area (Å²) in [4.78, 5) is 11.5. The Labute approximate surface area is 124 Å². The van der Waals surface area contributed by atoms with Gasteiger partial charge >= 0.3 is 5.97 Å². The van der Waals surface area contributed by atoms with Crippen LogP contribution in [0.5, 0.6) is 5.75 Å². The molecule has 0 aliphatic heterocycles. The molecule has 0 atom stereocenters. The van der Waals surface area contributed by atoms with E-state index < -0.39 is 0 Å². The fourth-order valence-corrected chi connectivity index (χ4v) is 2.07. The molecular formula is C17H19NO3. The van der Waals surface area contributed by atoms with Gasteiger partial charge in [-0.3, -0.25) is 0 Å². The highest BCUT2D eigenvalue weighted by atomic mass is 16.5. The molecular weight excluding hydrogens is 266 g/mol. The fraction of sp³-hybridized carbons (Fsp3) is 0.235. The second-order valence-electron chi connectivity index (χ2n) is 4.63. The molecule has 0 aromatic heterocycles. The SMILES string of the molecule is COC(=O)c1cccc(COc2ccccc2CCN)c1. The number of benzene rings is 2. The van der Waals surface area contributed by atoms with Crippen molar-refractivity contribution in [1.82, 2.24) is 0 Å². The zero-order valence-electron chi connectivity index (χ0n) is 12.0. The molecule has 0 heterocycles. The van der Waals surface area contributed by atoms with Crippen LogP contribution in [0.3, 0.4) is 0 Å². The molecule has 4 heteroatoms. The quantitative estimate of drug-likeness (QED) is 0.829. The highest BCUT2D eigenvalue weighted by Gasteiger charge is 2.07. The number of rotatable bonds is 6. The maximum absolute atomic E-state index is 11.5. The number of esters is 1. The Morgan fingerprint density at radius 2 is 1.95 bits per heavy atom. The molecule has 21 heavy (non-hydrogen) atoms. The van der Waals surface area contributed by atoms with Crippen molar-refractivity contribution in [2.24, 2.45) is 5.73 Å². The number of carbonyl (C=O) groups excluding carboxylic acids is 1. The summed E-state index contributed by atoms with van der Waals surface area (Å²) < 4.78 is 10.5. The molecule has 0 fully saturated rings. The first kappa shape index (κ1) is 15.1. The van der Waals surface area contributed by atoms with Crippen molar-refractivity contribution in [2.75, 3.05) is 13.7 Å². The van der Waals surface area contributed by atoms with Crippen molar-refractivity contribution < 1.29 is 14.3 Å². The van der Waals surface area contributed by atoms with E-state index in [9.17, 15) is 4.79 Å². The molecule has 2 rings (SSSR count). The summed E-state index contributed by atoms with van der Waals surface area (Å²) in [6.45, 7) is 0.977. The van der Waals surface area contributed by atoms with Crippen LogP contribution in [0.1, 0.15) is 21.5 Å². The lowest BCUT2D eigenvalue weighted by atomic mass is 10.1. The van der Waals surface area contributed by atoms with E-state index in [0.717, 1.165) is 23.3 Å². The van der Waals surface area contributed by atoms with E-state index in [1.165, 1.54) is 7.11 Å². The first-order chi connectivity index (χ1) is 10.2. The molecule has 0 radical (unpaired) electrons. The minimum absolute atomic E-state index is 0.347. The largest absolute Gasteiger partial charge is 0.489 e. The number of hydrogen-bond acceptors (Lipinski definition) is 4. The lowest BCUT2D eigenvalue weighted by Gasteiger charge is -2.11. The average molecular weight is 285 g/mol. The summed E-state index contributed by atoms with van der Waals surface area (Å²) in [6, 6.07) is 15.1. The highest BCUT2D eigenvalue weighted by molar-refractivity contribution is 5.89. The number of methoxy groups -OCH3 is 1. The van der Waals surface area contributed by atoms with Crippen molar-refractivity contribution in [1.29, 1.82) is 0 Å². The summed E-state index contributed by atoms with van der Waals surface area (Å²) in [5.74, 6) is 0.479. The predicted octanol–water partition coefficient (Wildman–Crippen LogP) is 2.55. The predicted molar refractivity (Wildman–Crippen MR) is 81.3 cm³/mol. The third-order valence-electron chi connectivity index (χ3n) is 3.13. The molecule has 4 nitrogen and oxygen atoms in total. The number of hydrogen-bond donors (Lipinski definition) is 1. The van der Waals surface area contributed by atoms with Gasteiger partial charge in [-0.25, -0.2) is 4.79 Å². The first-order valence-electron chi connectivity index (χ1n) is 6.82. The monoisotopic (exact) mass is 285 g/mol. The molecule has 2 aromatic carbocycles. The molecule has 0 aliphatic rings. The number of para-hydroxylation sites is 1. The van der Waals surface area contributed by atoms with Gasteiger partial charge < -0.3 is 15.2 Å². The van der Waals surface area contributed by atoms with Crippen molar-refractivity contribution >= 4 is 5.97 Å². The lowest BCUT2D eigenvalue weighted by Crippen LogP contribution is -2.06. The molecule has 0 bridgehead atoms. The molecule has 0 saturated heterocycles. The van der Waals surface area contributed by atoms with Crippen LogP contribution in [0.2, 0.25) is 0 Å². The number of nitrogens with two attached hydrogens (primary N) is 1. The van der Waals surface area contributed by atoms with Crippen molar-refractivity contribution in [3.05, 3.63) is 65.2 Å². The Hall–Kier alpha value is -2.33. The Morgan fingerprint density at radius 1 is 1.14 bits per heavy atom. The van der Waals surface area contributed by atoms with Crippen LogP contribution < -0.4 is 10.5 Å². The van der Waals surface area contributed by atoms with E-state index in [1.54, 1.807) is 12.1 Å². The van der Waals surface area contributed by atoms with Gasteiger partial charge in [-0.15, -0.1) is 0 Å². The van der Waals surface area contributed by atoms with E-state index in [4.69, 9.17) is 15.2 Å². The van der Waals surface area contributed by atoms with E-state index in [0.29, 0.717) is 18.7 Å². The molecule has 0 unspecified atom stereocenters. The first-order valence-corrected chi connectivity index (χ1v) is 6.82. The molecule has 2 aromatic rings. The van der Waals surface area contributed by atoms with Gasteiger partial charge in [-0.05, 0) is 42.3 Å². The Bertz CT molecular complexity index is 610. The van der Waals surface area contributed by atoms with Gasteiger partial charge in [0.2, 0.25) is 0 Å². The zero-order valence-corrected chi connectivity index (χ0v) is 12.0. The van der Waals surface area contributed by atoms with Crippen LogP contribution in [0.4, 0.5) is 0 Å². The summed E-state index contributed by atoms with van der Waals surface area (Å²) >= 11 is 0. The Balaban J connectivity index is 2.08. The van der Waals surface area contributed by atoms with E-state index in [1.807, 2.05) is 36.4 Å². The van der Waals surface area contributed by atoms with Crippen molar-refractivity contribution in [3.63, 3.8) is 0 Å². The van der Waals surface area contributed by atoms with Gasteiger partial charge in [-0.1, -0.05) is 30.3 Å². The zero-order chi connectivity index (χ0) is 15.1. The fourth-order valence-electron chi connectivity index (χ4n) is 2.07. The van der Waals surface area contributed by atoms with Gasteiger partial charge in [0.25, 0.3) is 0 Å².